The van der Waals surface area contributed by atoms with E-state index in [2.05, 4.69) is 4.74 Å². The van der Waals surface area contributed by atoms with E-state index in [0.717, 1.165) is 0 Å². The average Bonchev–Trinajstić information content (AvgIpc) is 2.54. The molecule has 144 valence electrons. The molecule has 0 saturated carbocycles. The van der Waals surface area contributed by atoms with Crippen LogP contribution in [0.4, 0.5) is 0 Å². The topological polar surface area (TPSA) is 224 Å². The van der Waals surface area contributed by atoms with Crippen LogP contribution in [0.1, 0.15) is 0 Å². The number of carboxylic acid groups (broad SMARTS) is 2. The van der Waals surface area contributed by atoms with Gasteiger partial charge >= 0.3 is 11.9 Å². The summed E-state index contributed by atoms with van der Waals surface area (Å²) < 4.78 is 14.4. The Morgan fingerprint density at radius 3 is 1.76 bits per heavy atom. The van der Waals surface area contributed by atoms with E-state index in [-0.39, 0.29) is 0 Å². The maximum atomic E-state index is 11.2. The van der Waals surface area contributed by atoms with Crippen molar-refractivity contribution in [1.82, 2.24) is 0 Å². The van der Waals surface area contributed by atoms with Gasteiger partial charge in [-0.15, -0.1) is 0 Å². The van der Waals surface area contributed by atoms with Gasteiger partial charge in [-0.25, -0.2) is 9.59 Å². The monoisotopic (exact) mass is 370 g/mol. The zero-order valence-electron chi connectivity index (χ0n) is 12.4. The molecule has 0 aromatic heterocycles. The van der Waals surface area contributed by atoms with Crippen molar-refractivity contribution in [1.29, 1.82) is 0 Å². The van der Waals surface area contributed by atoms with Gasteiger partial charge in [0, 0.05) is 0 Å². The predicted molar refractivity (Wildman–Crippen MR) is 69.7 cm³/mol. The first-order chi connectivity index (χ1) is 11.6. The lowest BCUT2D eigenvalue weighted by Gasteiger charge is -2.44. The summed E-state index contributed by atoms with van der Waals surface area (Å²) in [6.45, 7) is 0. The van der Waals surface area contributed by atoms with E-state index in [1.807, 2.05) is 0 Å². The van der Waals surface area contributed by atoms with E-state index < -0.39 is 73.4 Å². The Morgan fingerprint density at radius 1 is 0.680 bits per heavy atom. The summed E-state index contributed by atoms with van der Waals surface area (Å²) in [6.07, 6.45) is -19.9. The van der Waals surface area contributed by atoms with Gasteiger partial charge in [0.2, 0.25) is 0 Å². The van der Waals surface area contributed by atoms with Crippen LogP contribution in [0.2, 0.25) is 0 Å². The van der Waals surface area contributed by atoms with E-state index in [4.69, 9.17) is 19.7 Å². The number of hydrogen-bond acceptors (Lipinski definition) is 11. The average molecular weight is 370 g/mol. The molecule has 2 saturated heterocycles. The van der Waals surface area contributed by atoms with Crippen LogP contribution in [0.25, 0.3) is 0 Å². The van der Waals surface area contributed by atoms with Crippen molar-refractivity contribution in [2.75, 3.05) is 0 Å². The van der Waals surface area contributed by atoms with Gasteiger partial charge in [0.05, 0.1) is 0 Å². The molecule has 2 rings (SSSR count). The van der Waals surface area contributed by atoms with Gasteiger partial charge < -0.3 is 55.1 Å². The third-order valence-corrected chi connectivity index (χ3v) is 3.91. The number of aliphatic hydroxyl groups is 6. The fourth-order valence-electron chi connectivity index (χ4n) is 2.52. The Hall–Kier alpha value is -1.42. The first-order valence-electron chi connectivity index (χ1n) is 7.06. The van der Waals surface area contributed by atoms with Crippen LogP contribution in [0, 0.1) is 0 Å². The first kappa shape index (κ1) is 19.9. The van der Waals surface area contributed by atoms with Gasteiger partial charge in [0.15, 0.2) is 24.8 Å². The Bertz CT molecular complexity index is 511. The second kappa shape index (κ2) is 7.45. The Kier molecular flexibility index (Phi) is 5.93. The SMILES string of the molecule is O=C(O)[C@@H]1O[C@@H](O[C@@H]2[C@@H](O)[C@H](O)[C@H](O)O[C@H]2C(=O)O)[C@@H](O)[C@H](O)[C@H]1O. The van der Waals surface area contributed by atoms with Crippen molar-refractivity contribution in [2.24, 2.45) is 0 Å². The Labute approximate surface area is 139 Å². The molecule has 2 heterocycles. The third-order valence-electron chi connectivity index (χ3n) is 3.91. The van der Waals surface area contributed by atoms with Gasteiger partial charge in [-0.3, -0.25) is 0 Å². The van der Waals surface area contributed by atoms with E-state index in [1.54, 1.807) is 0 Å². The minimum Gasteiger partial charge on any atom is -0.479 e. The van der Waals surface area contributed by atoms with E-state index in [1.165, 1.54) is 0 Å². The molecule has 0 amide bonds. The molecule has 2 aliphatic rings. The van der Waals surface area contributed by atoms with Crippen molar-refractivity contribution in [2.45, 2.75) is 61.4 Å². The highest BCUT2D eigenvalue weighted by Crippen LogP contribution is 2.28. The summed E-state index contributed by atoms with van der Waals surface area (Å²) in [4.78, 5) is 22.2. The Balaban J connectivity index is 2.22. The van der Waals surface area contributed by atoms with Crippen LogP contribution in [0.3, 0.4) is 0 Å². The zero-order valence-corrected chi connectivity index (χ0v) is 12.4. The minimum absolute atomic E-state index is 1.70. The standard InChI is InChI=1S/C12H18O13/c13-1-2(14)7(9(18)19)25-12(5(1)17)24-6-3(15)4(16)11(22)23-8(6)10(20)21/h1-8,11-17,22H,(H,18,19)(H,20,21)/t1-,2-,3+,4+,5+,6-,7-,8-,11-,12-/m1/s1. The molecule has 10 atom stereocenters. The number of carbonyl (C=O) groups is 2. The maximum absolute atomic E-state index is 11.2. The molecular formula is C12H18O13. The van der Waals surface area contributed by atoms with Crippen molar-refractivity contribution in [3.63, 3.8) is 0 Å². The molecule has 0 radical (unpaired) electrons. The maximum Gasteiger partial charge on any atom is 0.335 e. The lowest BCUT2D eigenvalue weighted by atomic mass is 9.96. The number of aliphatic hydroxyl groups excluding tert-OH is 6. The quantitative estimate of drug-likeness (QED) is 0.232. The number of carboxylic acids is 2. The fraction of sp³-hybridized carbons (Fsp3) is 0.833. The highest BCUT2D eigenvalue weighted by molar-refractivity contribution is 5.74. The third kappa shape index (κ3) is 3.74. The van der Waals surface area contributed by atoms with Crippen molar-refractivity contribution in [3.8, 4) is 0 Å². The Morgan fingerprint density at radius 2 is 1.24 bits per heavy atom. The predicted octanol–water partition coefficient (Wildman–Crippen LogP) is -5.21. The normalized spacial score (nSPS) is 48.1. The molecule has 0 aliphatic carbocycles. The summed E-state index contributed by atoms with van der Waals surface area (Å²) in [5.41, 5.74) is 0. The second-order valence-electron chi connectivity index (χ2n) is 5.60. The van der Waals surface area contributed by atoms with Crippen LogP contribution in [-0.4, -0.2) is 114 Å². The van der Waals surface area contributed by atoms with Crippen LogP contribution in [0.5, 0.6) is 0 Å². The van der Waals surface area contributed by atoms with Crippen molar-refractivity contribution < 1.29 is 64.7 Å². The summed E-state index contributed by atoms with van der Waals surface area (Å²) in [5, 5.41) is 75.9. The van der Waals surface area contributed by atoms with Crippen LogP contribution >= 0.6 is 0 Å². The largest absolute Gasteiger partial charge is 0.479 e. The summed E-state index contributed by atoms with van der Waals surface area (Å²) in [5.74, 6) is -3.39. The van der Waals surface area contributed by atoms with Gasteiger partial charge in [-0.2, -0.15) is 0 Å². The number of rotatable bonds is 4. The van der Waals surface area contributed by atoms with Gasteiger partial charge in [0.1, 0.15) is 36.6 Å². The summed E-state index contributed by atoms with van der Waals surface area (Å²) in [6, 6.07) is 0. The number of hydrogen-bond donors (Lipinski definition) is 8. The molecule has 13 nitrogen and oxygen atoms in total. The molecule has 2 fully saturated rings. The number of aliphatic carboxylic acids is 2. The van der Waals surface area contributed by atoms with Crippen molar-refractivity contribution in [3.05, 3.63) is 0 Å². The summed E-state index contributed by atoms with van der Waals surface area (Å²) >= 11 is 0. The molecule has 0 aromatic rings. The lowest BCUT2D eigenvalue weighted by Crippen LogP contribution is -2.65. The zero-order chi connectivity index (χ0) is 19.0. The molecule has 8 N–H and O–H groups in total. The molecule has 2 aliphatic heterocycles. The highest BCUT2D eigenvalue weighted by atomic mass is 16.7. The fourth-order valence-corrected chi connectivity index (χ4v) is 2.52. The molecular weight excluding hydrogens is 352 g/mol. The lowest BCUT2D eigenvalue weighted by molar-refractivity contribution is -0.346. The smallest absolute Gasteiger partial charge is 0.335 e. The number of ether oxygens (including phenoxy) is 3. The molecule has 13 heteroatoms. The van der Waals surface area contributed by atoms with E-state index >= 15 is 0 Å². The van der Waals surface area contributed by atoms with Crippen LogP contribution in [0.15, 0.2) is 0 Å². The summed E-state index contributed by atoms with van der Waals surface area (Å²) in [7, 11) is 0. The van der Waals surface area contributed by atoms with Gasteiger partial charge in [-0.1, -0.05) is 0 Å². The molecule has 0 unspecified atom stereocenters. The minimum atomic E-state index is -2.03. The molecule has 25 heavy (non-hydrogen) atoms. The van der Waals surface area contributed by atoms with Crippen LogP contribution < -0.4 is 0 Å². The highest BCUT2D eigenvalue weighted by Gasteiger charge is 2.53. The molecule has 0 aromatic carbocycles. The molecule has 0 spiro atoms. The second-order valence-corrected chi connectivity index (χ2v) is 5.60. The van der Waals surface area contributed by atoms with Gasteiger partial charge in [0.25, 0.3) is 0 Å². The van der Waals surface area contributed by atoms with E-state index in [9.17, 15) is 40.2 Å². The molecule has 0 bridgehead atoms. The van der Waals surface area contributed by atoms with Gasteiger partial charge in [-0.05, 0) is 0 Å². The first-order valence-corrected chi connectivity index (χ1v) is 7.06. The van der Waals surface area contributed by atoms with Crippen molar-refractivity contribution >= 4 is 11.9 Å². The van der Waals surface area contributed by atoms with Crippen LogP contribution in [-0.2, 0) is 23.8 Å². The van der Waals surface area contributed by atoms with E-state index in [0.29, 0.717) is 0 Å².